The highest BCUT2D eigenvalue weighted by atomic mass is 16.3. The average Bonchev–Trinajstić information content (AvgIpc) is 2.48. The Morgan fingerprint density at radius 3 is 2.27 bits per heavy atom. The highest BCUT2D eigenvalue weighted by Crippen LogP contribution is 2.34. The number of hydrogen-bond donors (Lipinski definition) is 2. The van der Waals surface area contributed by atoms with E-state index in [1.54, 1.807) is 0 Å². The smallest absolute Gasteiger partial charge is 0.223 e. The molecule has 1 amide bonds. The number of aliphatic hydroxyl groups is 1. The maximum Gasteiger partial charge on any atom is 0.223 e. The van der Waals surface area contributed by atoms with Gasteiger partial charge in [-0.3, -0.25) is 4.79 Å². The molecule has 2 aliphatic carbocycles. The van der Waals surface area contributed by atoms with Crippen LogP contribution in [0.1, 0.15) is 58.3 Å². The van der Waals surface area contributed by atoms with Gasteiger partial charge in [-0.15, -0.1) is 0 Å². The SMILES string of the molecule is CC1(NC(=O)CC2(O)CCCC2)CCC1. The Labute approximate surface area is 91.2 Å². The highest BCUT2D eigenvalue weighted by Gasteiger charge is 2.37. The van der Waals surface area contributed by atoms with Crippen molar-refractivity contribution in [3.8, 4) is 0 Å². The van der Waals surface area contributed by atoms with E-state index in [1.165, 1.54) is 6.42 Å². The molecule has 0 spiro atoms. The quantitative estimate of drug-likeness (QED) is 0.747. The van der Waals surface area contributed by atoms with Crippen molar-refractivity contribution < 1.29 is 9.90 Å². The lowest BCUT2D eigenvalue weighted by atomic mass is 9.78. The largest absolute Gasteiger partial charge is 0.389 e. The zero-order chi connectivity index (χ0) is 10.9. The van der Waals surface area contributed by atoms with Crippen LogP contribution in [0.3, 0.4) is 0 Å². The van der Waals surface area contributed by atoms with E-state index in [9.17, 15) is 9.90 Å². The van der Waals surface area contributed by atoms with Gasteiger partial charge in [-0.05, 0) is 39.0 Å². The summed E-state index contributed by atoms with van der Waals surface area (Å²) in [7, 11) is 0. The molecular formula is C12H21NO2. The minimum atomic E-state index is -0.704. The maximum atomic E-state index is 11.7. The highest BCUT2D eigenvalue weighted by molar-refractivity contribution is 5.78. The zero-order valence-corrected chi connectivity index (χ0v) is 9.51. The second kappa shape index (κ2) is 3.78. The second-order valence-corrected chi connectivity index (χ2v) is 5.57. The minimum Gasteiger partial charge on any atom is -0.389 e. The first-order valence-electron chi connectivity index (χ1n) is 6.05. The van der Waals surface area contributed by atoms with Crippen LogP contribution in [0.5, 0.6) is 0 Å². The van der Waals surface area contributed by atoms with Crippen LogP contribution in [0.25, 0.3) is 0 Å². The third-order valence-corrected chi connectivity index (χ3v) is 3.92. The van der Waals surface area contributed by atoms with Crippen molar-refractivity contribution in [3.63, 3.8) is 0 Å². The fourth-order valence-corrected chi connectivity index (χ4v) is 2.72. The number of amides is 1. The summed E-state index contributed by atoms with van der Waals surface area (Å²) in [5.74, 6) is 0.0293. The molecule has 3 heteroatoms. The maximum absolute atomic E-state index is 11.7. The molecule has 15 heavy (non-hydrogen) atoms. The number of carbonyl (C=O) groups excluding carboxylic acids is 1. The molecule has 0 atom stereocenters. The average molecular weight is 211 g/mol. The molecule has 2 fully saturated rings. The van der Waals surface area contributed by atoms with Crippen molar-refractivity contribution in [1.82, 2.24) is 5.32 Å². The van der Waals surface area contributed by atoms with Crippen LogP contribution in [0, 0.1) is 0 Å². The van der Waals surface area contributed by atoms with Crippen LogP contribution < -0.4 is 5.32 Å². The number of carbonyl (C=O) groups is 1. The first-order chi connectivity index (χ1) is 7.02. The van der Waals surface area contributed by atoms with Gasteiger partial charge >= 0.3 is 0 Å². The van der Waals surface area contributed by atoms with Crippen LogP contribution in [0.15, 0.2) is 0 Å². The molecule has 2 saturated carbocycles. The number of rotatable bonds is 3. The monoisotopic (exact) mass is 211 g/mol. The molecule has 0 bridgehead atoms. The molecule has 3 nitrogen and oxygen atoms in total. The Balaban J connectivity index is 1.81. The second-order valence-electron chi connectivity index (χ2n) is 5.57. The van der Waals surface area contributed by atoms with E-state index in [4.69, 9.17) is 0 Å². The molecule has 0 aromatic carbocycles. The first-order valence-corrected chi connectivity index (χ1v) is 6.05. The lowest BCUT2D eigenvalue weighted by Crippen LogP contribution is -2.52. The summed E-state index contributed by atoms with van der Waals surface area (Å²) in [6, 6.07) is 0. The summed E-state index contributed by atoms with van der Waals surface area (Å²) >= 11 is 0. The molecule has 0 aromatic rings. The van der Waals surface area contributed by atoms with Gasteiger partial charge in [0.2, 0.25) is 5.91 Å². The molecule has 0 radical (unpaired) electrons. The van der Waals surface area contributed by atoms with Crippen molar-refractivity contribution in [2.24, 2.45) is 0 Å². The predicted octanol–water partition coefficient (Wildman–Crippen LogP) is 1.74. The molecule has 86 valence electrons. The van der Waals surface area contributed by atoms with Crippen LogP contribution in [-0.4, -0.2) is 22.2 Å². The van der Waals surface area contributed by atoms with Gasteiger partial charge in [0.25, 0.3) is 0 Å². The molecule has 0 saturated heterocycles. The summed E-state index contributed by atoms with van der Waals surface area (Å²) in [6.45, 7) is 2.09. The Kier molecular flexibility index (Phi) is 2.75. The van der Waals surface area contributed by atoms with Crippen molar-refractivity contribution in [3.05, 3.63) is 0 Å². The van der Waals surface area contributed by atoms with Crippen LogP contribution >= 0.6 is 0 Å². The van der Waals surface area contributed by atoms with E-state index in [0.29, 0.717) is 6.42 Å². The Morgan fingerprint density at radius 1 is 1.20 bits per heavy atom. The van der Waals surface area contributed by atoms with Gasteiger partial charge in [-0.1, -0.05) is 12.8 Å². The summed E-state index contributed by atoms with van der Waals surface area (Å²) < 4.78 is 0. The lowest BCUT2D eigenvalue weighted by Gasteiger charge is -2.39. The van der Waals surface area contributed by atoms with Crippen LogP contribution in [0.4, 0.5) is 0 Å². The van der Waals surface area contributed by atoms with Crippen molar-refractivity contribution in [2.75, 3.05) is 0 Å². The van der Waals surface area contributed by atoms with Gasteiger partial charge in [-0.2, -0.15) is 0 Å². The third kappa shape index (κ3) is 2.51. The third-order valence-electron chi connectivity index (χ3n) is 3.92. The fraction of sp³-hybridized carbons (Fsp3) is 0.917. The predicted molar refractivity (Wildman–Crippen MR) is 58.4 cm³/mol. The zero-order valence-electron chi connectivity index (χ0n) is 9.51. The minimum absolute atomic E-state index is 0.0199. The molecule has 0 unspecified atom stereocenters. The van der Waals surface area contributed by atoms with E-state index in [2.05, 4.69) is 12.2 Å². The summed E-state index contributed by atoms with van der Waals surface area (Å²) in [5.41, 5.74) is -0.684. The topological polar surface area (TPSA) is 49.3 Å². The van der Waals surface area contributed by atoms with Crippen LogP contribution in [-0.2, 0) is 4.79 Å². The molecule has 0 aliphatic heterocycles. The van der Waals surface area contributed by atoms with Gasteiger partial charge in [0.1, 0.15) is 0 Å². The van der Waals surface area contributed by atoms with Gasteiger partial charge in [0, 0.05) is 5.54 Å². The number of nitrogens with one attached hydrogen (secondary N) is 1. The van der Waals surface area contributed by atoms with Gasteiger partial charge < -0.3 is 10.4 Å². The molecule has 0 aromatic heterocycles. The van der Waals surface area contributed by atoms with Crippen LogP contribution in [0.2, 0.25) is 0 Å². The van der Waals surface area contributed by atoms with E-state index in [-0.39, 0.29) is 11.4 Å². The Hall–Kier alpha value is -0.570. The molecule has 2 aliphatic rings. The van der Waals surface area contributed by atoms with E-state index in [1.807, 2.05) is 0 Å². The molecule has 2 rings (SSSR count). The summed E-state index contributed by atoms with van der Waals surface area (Å²) in [4.78, 5) is 11.7. The summed E-state index contributed by atoms with van der Waals surface area (Å²) in [6.07, 6.45) is 7.36. The van der Waals surface area contributed by atoms with Gasteiger partial charge in [0.05, 0.1) is 12.0 Å². The van der Waals surface area contributed by atoms with Gasteiger partial charge in [-0.25, -0.2) is 0 Å². The van der Waals surface area contributed by atoms with Crippen molar-refractivity contribution >= 4 is 5.91 Å². The molecule has 2 N–H and O–H groups in total. The lowest BCUT2D eigenvalue weighted by molar-refractivity contribution is -0.128. The molecular weight excluding hydrogens is 190 g/mol. The summed E-state index contributed by atoms with van der Waals surface area (Å²) in [5, 5.41) is 13.1. The van der Waals surface area contributed by atoms with Crippen molar-refractivity contribution in [2.45, 2.75) is 69.4 Å². The van der Waals surface area contributed by atoms with E-state index < -0.39 is 5.60 Å². The Morgan fingerprint density at radius 2 is 1.80 bits per heavy atom. The number of hydrogen-bond acceptors (Lipinski definition) is 2. The first kappa shape index (κ1) is 10.9. The normalized spacial score (nSPS) is 27.1. The van der Waals surface area contributed by atoms with E-state index in [0.717, 1.165) is 38.5 Å². The molecule has 0 heterocycles. The Bertz CT molecular complexity index is 252. The van der Waals surface area contributed by atoms with E-state index >= 15 is 0 Å². The fourth-order valence-electron chi connectivity index (χ4n) is 2.72. The van der Waals surface area contributed by atoms with Gasteiger partial charge in [0.15, 0.2) is 0 Å². The standard InChI is InChI=1S/C12H21NO2/c1-11(5-4-6-11)13-10(14)9-12(15)7-2-3-8-12/h15H,2-9H2,1H3,(H,13,14). The van der Waals surface area contributed by atoms with Crippen molar-refractivity contribution in [1.29, 1.82) is 0 Å².